The van der Waals surface area contributed by atoms with E-state index in [4.69, 9.17) is 11.6 Å². The molecule has 4 nitrogen and oxygen atoms in total. The summed E-state index contributed by atoms with van der Waals surface area (Å²) in [5.74, 6) is -0.207. The summed E-state index contributed by atoms with van der Waals surface area (Å²) in [6.45, 7) is 5.47. The summed E-state index contributed by atoms with van der Waals surface area (Å²) >= 11 is 5.89. The number of halogens is 1. The average Bonchev–Trinajstić information content (AvgIpc) is 2.32. The minimum absolute atomic E-state index is 0.207. The summed E-state index contributed by atoms with van der Waals surface area (Å²) in [6, 6.07) is 5.33. The van der Waals surface area contributed by atoms with Crippen LogP contribution in [0.5, 0.6) is 0 Å². The van der Waals surface area contributed by atoms with Crippen LogP contribution >= 0.6 is 11.6 Å². The van der Waals surface area contributed by atoms with E-state index in [-0.39, 0.29) is 5.91 Å². The number of aromatic nitrogens is 2. The van der Waals surface area contributed by atoms with Crippen LogP contribution in [0.2, 0.25) is 5.02 Å². The van der Waals surface area contributed by atoms with Crippen LogP contribution in [-0.2, 0) is 0 Å². The standard InChI is InChI=1S/C14H14ClN3O/c1-8-6-11(15)4-5-12(8)18-14(19)13-9(2)16-7-17-10(13)3/h4-7H,1-3H3,(H,18,19). The van der Waals surface area contributed by atoms with Crippen LogP contribution < -0.4 is 5.32 Å². The Morgan fingerprint density at radius 3 is 2.37 bits per heavy atom. The van der Waals surface area contributed by atoms with Crippen molar-refractivity contribution in [2.75, 3.05) is 5.32 Å². The molecule has 2 aromatic rings. The zero-order valence-electron chi connectivity index (χ0n) is 11.0. The molecule has 0 radical (unpaired) electrons. The number of rotatable bonds is 2. The van der Waals surface area contributed by atoms with E-state index in [1.54, 1.807) is 32.0 Å². The minimum atomic E-state index is -0.207. The van der Waals surface area contributed by atoms with Crippen molar-refractivity contribution in [3.63, 3.8) is 0 Å². The van der Waals surface area contributed by atoms with Gasteiger partial charge in [-0.05, 0) is 44.5 Å². The van der Waals surface area contributed by atoms with Gasteiger partial charge in [-0.25, -0.2) is 9.97 Å². The molecule has 0 fully saturated rings. The SMILES string of the molecule is Cc1cc(Cl)ccc1NC(=O)c1c(C)ncnc1C. The molecule has 1 aromatic carbocycles. The second kappa shape index (κ2) is 5.36. The smallest absolute Gasteiger partial charge is 0.259 e. The number of amides is 1. The predicted molar refractivity (Wildman–Crippen MR) is 75.6 cm³/mol. The lowest BCUT2D eigenvalue weighted by atomic mass is 10.1. The fourth-order valence-corrected chi connectivity index (χ4v) is 2.10. The highest BCUT2D eigenvalue weighted by atomic mass is 35.5. The maximum atomic E-state index is 12.3. The molecule has 5 heteroatoms. The number of nitrogens with zero attached hydrogens (tertiary/aromatic N) is 2. The van der Waals surface area contributed by atoms with E-state index in [9.17, 15) is 4.79 Å². The van der Waals surface area contributed by atoms with Crippen LogP contribution in [-0.4, -0.2) is 15.9 Å². The third kappa shape index (κ3) is 2.90. The Morgan fingerprint density at radius 1 is 1.16 bits per heavy atom. The Morgan fingerprint density at radius 2 is 1.79 bits per heavy atom. The van der Waals surface area contributed by atoms with Crippen LogP contribution in [0.3, 0.4) is 0 Å². The number of benzene rings is 1. The number of hydrogen-bond acceptors (Lipinski definition) is 3. The van der Waals surface area contributed by atoms with Gasteiger partial charge in [0.15, 0.2) is 0 Å². The first-order valence-corrected chi connectivity index (χ1v) is 6.22. The van der Waals surface area contributed by atoms with Crippen LogP contribution in [0.15, 0.2) is 24.5 Å². The van der Waals surface area contributed by atoms with Gasteiger partial charge >= 0.3 is 0 Å². The first-order valence-electron chi connectivity index (χ1n) is 5.84. The molecule has 0 spiro atoms. The van der Waals surface area contributed by atoms with Crippen LogP contribution in [0.4, 0.5) is 5.69 Å². The molecule has 0 bridgehead atoms. The van der Waals surface area contributed by atoms with E-state index in [0.29, 0.717) is 22.0 Å². The fourth-order valence-electron chi connectivity index (χ4n) is 1.87. The van der Waals surface area contributed by atoms with Crippen molar-refractivity contribution in [1.29, 1.82) is 0 Å². The molecule has 0 aliphatic rings. The third-order valence-corrected chi connectivity index (χ3v) is 3.13. The lowest BCUT2D eigenvalue weighted by molar-refractivity contribution is 0.102. The van der Waals surface area contributed by atoms with E-state index in [1.807, 2.05) is 6.92 Å². The highest BCUT2D eigenvalue weighted by Crippen LogP contribution is 2.21. The Balaban J connectivity index is 2.31. The number of carbonyl (C=O) groups is 1. The van der Waals surface area contributed by atoms with Gasteiger partial charge in [-0.15, -0.1) is 0 Å². The molecule has 0 saturated heterocycles. The average molecular weight is 276 g/mol. The van der Waals surface area contributed by atoms with Crippen molar-refractivity contribution in [3.05, 3.63) is 52.1 Å². The van der Waals surface area contributed by atoms with Crippen molar-refractivity contribution in [2.45, 2.75) is 20.8 Å². The van der Waals surface area contributed by atoms with Crippen LogP contribution in [0, 0.1) is 20.8 Å². The number of carbonyl (C=O) groups excluding carboxylic acids is 1. The monoisotopic (exact) mass is 275 g/mol. The third-order valence-electron chi connectivity index (χ3n) is 2.89. The summed E-state index contributed by atoms with van der Waals surface area (Å²) in [5, 5.41) is 3.50. The van der Waals surface area contributed by atoms with Crippen LogP contribution in [0.1, 0.15) is 27.3 Å². The first-order chi connectivity index (χ1) is 8.99. The van der Waals surface area contributed by atoms with Crippen molar-refractivity contribution >= 4 is 23.2 Å². The number of aryl methyl sites for hydroxylation is 3. The summed E-state index contributed by atoms with van der Waals surface area (Å²) < 4.78 is 0. The zero-order chi connectivity index (χ0) is 14.0. The molecule has 0 unspecified atom stereocenters. The summed E-state index contributed by atoms with van der Waals surface area (Å²) in [5.41, 5.74) is 3.48. The van der Waals surface area contributed by atoms with Gasteiger partial charge in [-0.1, -0.05) is 11.6 Å². The second-order valence-corrected chi connectivity index (χ2v) is 4.77. The molecule has 0 aliphatic heterocycles. The highest BCUT2D eigenvalue weighted by molar-refractivity contribution is 6.30. The largest absolute Gasteiger partial charge is 0.322 e. The van der Waals surface area contributed by atoms with Crippen LogP contribution in [0.25, 0.3) is 0 Å². The van der Waals surface area contributed by atoms with Gasteiger partial charge in [0.1, 0.15) is 6.33 Å². The van der Waals surface area contributed by atoms with Crippen molar-refractivity contribution in [1.82, 2.24) is 9.97 Å². The second-order valence-electron chi connectivity index (χ2n) is 4.33. The van der Waals surface area contributed by atoms with Crippen molar-refractivity contribution in [3.8, 4) is 0 Å². The Labute approximate surface area is 116 Å². The van der Waals surface area contributed by atoms with E-state index in [1.165, 1.54) is 6.33 Å². The van der Waals surface area contributed by atoms with Gasteiger partial charge in [-0.3, -0.25) is 4.79 Å². The van der Waals surface area contributed by atoms with E-state index >= 15 is 0 Å². The molecule has 0 saturated carbocycles. The zero-order valence-corrected chi connectivity index (χ0v) is 11.7. The molecule has 1 amide bonds. The first kappa shape index (κ1) is 13.5. The minimum Gasteiger partial charge on any atom is -0.322 e. The highest BCUT2D eigenvalue weighted by Gasteiger charge is 2.14. The Kier molecular flexibility index (Phi) is 3.81. The molecule has 0 aliphatic carbocycles. The van der Waals surface area contributed by atoms with E-state index in [2.05, 4.69) is 15.3 Å². The molecule has 2 rings (SSSR count). The summed E-state index contributed by atoms with van der Waals surface area (Å²) in [7, 11) is 0. The normalized spacial score (nSPS) is 10.3. The quantitative estimate of drug-likeness (QED) is 0.915. The molecular weight excluding hydrogens is 262 g/mol. The van der Waals surface area contributed by atoms with E-state index in [0.717, 1.165) is 11.3 Å². The topological polar surface area (TPSA) is 54.9 Å². The summed E-state index contributed by atoms with van der Waals surface area (Å²) in [6.07, 6.45) is 1.45. The molecule has 98 valence electrons. The van der Waals surface area contributed by atoms with Gasteiger partial charge in [-0.2, -0.15) is 0 Å². The maximum absolute atomic E-state index is 12.3. The Hall–Kier alpha value is -1.94. The van der Waals surface area contributed by atoms with Gasteiger partial charge in [0.2, 0.25) is 0 Å². The van der Waals surface area contributed by atoms with Gasteiger partial charge in [0.05, 0.1) is 17.0 Å². The van der Waals surface area contributed by atoms with E-state index < -0.39 is 0 Å². The number of nitrogens with one attached hydrogen (secondary N) is 1. The number of anilines is 1. The molecular formula is C14H14ClN3O. The van der Waals surface area contributed by atoms with Crippen molar-refractivity contribution < 1.29 is 4.79 Å². The molecule has 1 aromatic heterocycles. The van der Waals surface area contributed by atoms with Crippen molar-refractivity contribution in [2.24, 2.45) is 0 Å². The summed E-state index contributed by atoms with van der Waals surface area (Å²) in [4.78, 5) is 20.4. The van der Waals surface area contributed by atoms with Gasteiger partial charge in [0.25, 0.3) is 5.91 Å². The predicted octanol–water partition coefficient (Wildman–Crippen LogP) is 3.31. The lowest BCUT2D eigenvalue weighted by Crippen LogP contribution is -2.17. The lowest BCUT2D eigenvalue weighted by Gasteiger charge is -2.11. The maximum Gasteiger partial charge on any atom is 0.259 e. The van der Waals surface area contributed by atoms with Gasteiger partial charge < -0.3 is 5.32 Å². The molecule has 0 atom stereocenters. The number of hydrogen-bond donors (Lipinski definition) is 1. The Bertz CT molecular complexity index is 620. The molecule has 1 N–H and O–H groups in total. The molecule has 1 heterocycles. The fraction of sp³-hybridized carbons (Fsp3) is 0.214. The molecule has 19 heavy (non-hydrogen) atoms. The van der Waals surface area contributed by atoms with Gasteiger partial charge in [0, 0.05) is 10.7 Å².